The van der Waals surface area contributed by atoms with E-state index in [1.165, 1.54) is 42.6 Å². The summed E-state index contributed by atoms with van der Waals surface area (Å²) < 4.78 is 39.9. The van der Waals surface area contributed by atoms with Gasteiger partial charge in [0.25, 0.3) is 0 Å². The number of rotatable bonds is 6. The molecule has 2 atom stereocenters. The summed E-state index contributed by atoms with van der Waals surface area (Å²) in [7, 11) is -2.42. The van der Waals surface area contributed by atoms with Crippen molar-refractivity contribution < 1.29 is 17.9 Å². The molecule has 0 amide bonds. The van der Waals surface area contributed by atoms with Gasteiger partial charge in [0.2, 0.25) is 10.0 Å². The molecule has 0 fully saturated rings. The second kappa shape index (κ2) is 7.51. The van der Waals surface area contributed by atoms with Crippen LogP contribution in [0.5, 0.6) is 0 Å². The van der Waals surface area contributed by atoms with Crippen LogP contribution in [0.1, 0.15) is 41.0 Å². The van der Waals surface area contributed by atoms with Crippen molar-refractivity contribution in [3.8, 4) is 0 Å². The summed E-state index contributed by atoms with van der Waals surface area (Å²) >= 11 is 1.24. The molecule has 1 heterocycles. The molecule has 0 saturated carbocycles. The summed E-state index contributed by atoms with van der Waals surface area (Å²) in [6.07, 6.45) is 0.864. The maximum Gasteiger partial charge on any atom is 0.244 e. The smallest absolute Gasteiger partial charge is 0.244 e. The molecule has 0 aliphatic heterocycles. The minimum absolute atomic E-state index is 0.159. The number of hydrogen-bond acceptors (Lipinski definition) is 6. The number of halogens is 1. The van der Waals surface area contributed by atoms with E-state index in [0.717, 1.165) is 9.18 Å². The van der Waals surface area contributed by atoms with Gasteiger partial charge in [-0.25, -0.2) is 12.8 Å². The lowest BCUT2D eigenvalue weighted by atomic mass is 9.96. The van der Waals surface area contributed by atoms with Crippen LogP contribution in [0.3, 0.4) is 0 Å². The van der Waals surface area contributed by atoms with E-state index in [4.69, 9.17) is 0 Å². The lowest BCUT2D eigenvalue weighted by Gasteiger charge is -2.22. The molecule has 0 radical (unpaired) electrons. The quantitative estimate of drug-likeness (QED) is 0.756. The Labute approximate surface area is 155 Å². The maximum atomic E-state index is 13.0. The van der Waals surface area contributed by atoms with Gasteiger partial charge in [-0.15, -0.1) is 11.3 Å². The molecule has 3 rings (SSSR count). The number of thiophene rings is 1. The van der Waals surface area contributed by atoms with Crippen LogP contribution in [0.25, 0.3) is 0 Å². The molecule has 6 nitrogen and oxygen atoms in total. The molecule has 9 heteroatoms. The second-order valence-corrected chi connectivity index (χ2v) is 9.23. The van der Waals surface area contributed by atoms with Crippen LogP contribution >= 0.6 is 11.3 Å². The molecule has 140 valence electrons. The minimum atomic E-state index is -3.81. The van der Waals surface area contributed by atoms with Gasteiger partial charge in [0.15, 0.2) is 0 Å². The van der Waals surface area contributed by atoms with Crippen molar-refractivity contribution in [2.24, 2.45) is 5.18 Å². The third-order valence-electron chi connectivity index (χ3n) is 4.60. The van der Waals surface area contributed by atoms with Crippen LogP contribution in [0.2, 0.25) is 0 Å². The van der Waals surface area contributed by atoms with Gasteiger partial charge in [-0.2, -0.15) is 9.21 Å². The standard InChI is InChI=1S/C17H19FN2O4S2/c1-20(9-15(21)11-5-7-12(18)8-6-11)26(23,24)16-10-25-17-13(16)3-2-4-14(17)19-22/h5-8,10,14-15,21H,2-4,9H2,1H3/t14?,15-/m0/s1. The van der Waals surface area contributed by atoms with Crippen molar-refractivity contribution >= 4 is 21.4 Å². The molecule has 1 unspecified atom stereocenters. The molecule has 26 heavy (non-hydrogen) atoms. The summed E-state index contributed by atoms with van der Waals surface area (Å²) in [6.45, 7) is -0.159. The van der Waals surface area contributed by atoms with Crippen LogP contribution in [0, 0.1) is 10.7 Å². The van der Waals surface area contributed by atoms with Gasteiger partial charge in [-0.3, -0.25) is 0 Å². The number of nitrogens with zero attached hydrogens (tertiary/aromatic N) is 2. The van der Waals surface area contributed by atoms with Crippen molar-refractivity contribution in [2.75, 3.05) is 13.6 Å². The Morgan fingerprint density at radius 3 is 2.73 bits per heavy atom. The number of fused-ring (bicyclic) bond motifs is 1. The first kappa shape index (κ1) is 19.1. The van der Waals surface area contributed by atoms with Crippen LogP contribution in [-0.2, 0) is 16.4 Å². The second-order valence-electron chi connectivity index (χ2n) is 6.31. The largest absolute Gasteiger partial charge is 0.387 e. The average Bonchev–Trinajstić information content (AvgIpc) is 3.07. The SMILES string of the molecule is CN(C[C@H](O)c1ccc(F)cc1)S(=O)(=O)c1csc2c1CCCC2N=O. The Hall–Kier alpha value is -1.68. The summed E-state index contributed by atoms with van der Waals surface area (Å²) in [5, 5.41) is 14.9. The Kier molecular flexibility index (Phi) is 5.52. The molecule has 0 spiro atoms. The van der Waals surface area contributed by atoms with E-state index in [9.17, 15) is 22.8 Å². The van der Waals surface area contributed by atoms with Gasteiger partial charge in [0.1, 0.15) is 11.9 Å². The Morgan fingerprint density at radius 2 is 2.08 bits per heavy atom. The molecule has 1 aliphatic rings. The molecule has 1 aromatic heterocycles. The number of aliphatic hydroxyl groups is 1. The fourth-order valence-electron chi connectivity index (χ4n) is 3.13. The van der Waals surface area contributed by atoms with Gasteiger partial charge in [-0.1, -0.05) is 17.3 Å². The van der Waals surface area contributed by atoms with Gasteiger partial charge in [-0.05, 0) is 42.5 Å². The molecule has 1 N–H and O–H groups in total. The molecule has 0 bridgehead atoms. The normalized spacial score (nSPS) is 18.5. The van der Waals surface area contributed by atoms with E-state index in [1.54, 1.807) is 5.38 Å². The van der Waals surface area contributed by atoms with Crippen LogP contribution < -0.4 is 0 Å². The monoisotopic (exact) mass is 398 g/mol. The zero-order valence-electron chi connectivity index (χ0n) is 14.1. The first-order valence-electron chi connectivity index (χ1n) is 8.17. The lowest BCUT2D eigenvalue weighted by molar-refractivity contribution is 0.155. The lowest BCUT2D eigenvalue weighted by Crippen LogP contribution is -2.31. The predicted molar refractivity (Wildman–Crippen MR) is 97.0 cm³/mol. The molecule has 2 aromatic rings. The average molecular weight is 398 g/mol. The van der Waals surface area contributed by atoms with E-state index < -0.39 is 28.0 Å². The molecular weight excluding hydrogens is 379 g/mol. The van der Waals surface area contributed by atoms with Crippen LogP contribution in [0.15, 0.2) is 39.7 Å². The topological polar surface area (TPSA) is 87.0 Å². The van der Waals surface area contributed by atoms with Crippen molar-refractivity contribution in [3.63, 3.8) is 0 Å². The molecule has 0 saturated heterocycles. The number of nitroso groups, excluding NO2 is 1. The predicted octanol–water partition coefficient (Wildman–Crippen LogP) is 3.39. The van der Waals surface area contributed by atoms with E-state index in [2.05, 4.69) is 5.18 Å². The van der Waals surface area contributed by atoms with Gasteiger partial charge in [0, 0.05) is 23.8 Å². The fourth-order valence-corrected chi connectivity index (χ4v) is 6.07. The van der Waals surface area contributed by atoms with E-state index in [-0.39, 0.29) is 11.4 Å². The van der Waals surface area contributed by atoms with E-state index in [0.29, 0.717) is 30.4 Å². The fraction of sp³-hybridized carbons (Fsp3) is 0.412. The highest BCUT2D eigenvalue weighted by Gasteiger charge is 2.32. The van der Waals surface area contributed by atoms with Gasteiger partial charge < -0.3 is 5.11 Å². The Morgan fingerprint density at radius 1 is 1.38 bits per heavy atom. The van der Waals surface area contributed by atoms with Crippen molar-refractivity contribution in [3.05, 3.63) is 56.4 Å². The first-order valence-corrected chi connectivity index (χ1v) is 10.5. The highest BCUT2D eigenvalue weighted by molar-refractivity contribution is 7.89. The van der Waals surface area contributed by atoms with Crippen molar-refractivity contribution in [1.82, 2.24) is 4.31 Å². The number of aliphatic hydroxyl groups excluding tert-OH is 1. The molecule has 1 aromatic carbocycles. The third-order valence-corrected chi connectivity index (χ3v) is 7.76. The Balaban J connectivity index is 1.83. The van der Waals surface area contributed by atoms with Gasteiger partial charge >= 0.3 is 0 Å². The van der Waals surface area contributed by atoms with E-state index >= 15 is 0 Å². The number of hydrogen-bond donors (Lipinski definition) is 1. The highest BCUT2D eigenvalue weighted by atomic mass is 32.2. The Bertz CT molecular complexity index is 896. The first-order chi connectivity index (χ1) is 12.3. The third kappa shape index (κ3) is 3.57. The molecular formula is C17H19FN2O4S2. The summed E-state index contributed by atoms with van der Waals surface area (Å²) in [4.78, 5) is 11.9. The number of sulfonamides is 1. The zero-order chi connectivity index (χ0) is 18.9. The summed E-state index contributed by atoms with van der Waals surface area (Å²) in [6, 6.07) is 4.80. The maximum absolute atomic E-state index is 13.0. The van der Waals surface area contributed by atoms with Crippen LogP contribution in [0.4, 0.5) is 4.39 Å². The zero-order valence-corrected chi connectivity index (χ0v) is 15.8. The van der Waals surface area contributed by atoms with Crippen molar-refractivity contribution in [2.45, 2.75) is 36.3 Å². The van der Waals surface area contributed by atoms with Crippen molar-refractivity contribution in [1.29, 1.82) is 0 Å². The number of benzene rings is 1. The summed E-state index contributed by atoms with van der Waals surface area (Å²) in [5.74, 6) is -0.426. The number of likely N-dealkylation sites (N-methyl/N-ethyl adjacent to an activating group) is 1. The highest BCUT2D eigenvalue weighted by Crippen LogP contribution is 2.41. The minimum Gasteiger partial charge on any atom is -0.387 e. The molecule has 1 aliphatic carbocycles. The summed E-state index contributed by atoms with van der Waals surface area (Å²) in [5.41, 5.74) is 1.10. The van der Waals surface area contributed by atoms with E-state index in [1.807, 2.05) is 0 Å². The van der Waals surface area contributed by atoms with Crippen LogP contribution in [-0.4, -0.2) is 31.4 Å². The van der Waals surface area contributed by atoms with Gasteiger partial charge in [0.05, 0.1) is 11.0 Å².